The van der Waals surface area contributed by atoms with Crippen LogP contribution in [0, 0.1) is 0 Å². The predicted octanol–water partition coefficient (Wildman–Crippen LogP) is 7.01. The lowest BCUT2D eigenvalue weighted by Gasteiger charge is -2.22. The summed E-state index contributed by atoms with van der Waals surface area (Å²) in [5.41, 5.74) is 6.33. The van der Waals surface area contributed by atoms with Gasteiger partial charge in [0.1, 0.15) is 0 Å². The molecule has 3 heteroatoms. The van der Waals surface area contributed by atoms with Crippen molar-refractivity contribution in [2.45, 2.75) is 26.2 Å². The smallest absolute Gasteiger partial charge is 0.226 e. The zero-order valence-corrected chi connectivity index (χ0v) is 16.8. The molecule has 0 atom stereocenters. The summed E-state index contributed by atoms with van der Waals surface area (Å²) in [6.07, 6.45) is 5.35. The molecule has 0 saturated heterocycles. The molecule has 29 heavy (non-hydrogen) atoms. The molecule has 0 aliphatic heterocycles. The first-order chi connectivity index (χ1) is 14.0. The molecule has 0 fully saturated rings. The van der Waals surface area contributed by atoms with Crippen LogP contribution in [0.1, 0.15) is 26.3 Å². The molecular weight excluding hydrogens is 356 g/mol. The lowest BCUT2D eigenvalue weighted by atomic mass is 9.82. The molecular formula is C26H22N2O. The summed E-state index contributed by atoms with van der Waals surface area (Å²) in [5.74, 6) is 0. The van der Waals surface area contributed by atoms with Gasteiger partial charge in [0.15, 0.2) is 0 Å². The maximum atomic E-state index is 5.47. The van der Waals surface area contributed by atoms with Gasteiger partial charge in [0.25, 0.3) is 0 Å². The van der Waals surface area contributed by atoms with Crippen molar-refractivity contribution >= 4 is 21.9 Å². The summed E-state index contributed by atoms with van der Waals surface area (Å²) in [7, 11) is 0. The second-order valence-corrected chi connectivity index (χ2v) is 8.42. The molecule has 0 bridgehead atoms. The fourth-order valence-electron chi connectivity index (χ4n) is 3.96. The Morgan fingerprint density at radius 3 is 2.45 bits per heavy atom. The molecule has 0 unspecified atom stereocenters. The predicted molar refractivity (Wildman–Crippen MR) is 119 cm³/mol. The first kappa shape index (κ1) is 17.6. The van der Waals surface area contributed by atoms with Crippen LogP contribution >= 0.6 is 0 Å². The number of aromatic nitrogens is 2. The van der Waals surface area contributed by atoms with Crippen LogP contribution in [0.4, 0.5) is 0 Å². The third-order valence-corrected chi connectivity index (χ3v) is 5.40. The maximum Gasteiger partial charge on any atom is 0.226 e. The third kappa shape index (κ3) is 3.09. The number of hydrogen-bond acceptors (Lipinski definition) is 3. The first-order valence-corrected chi connectivity index (χ1v) is 9.83. The van der Waals surface area contributed by atoms with E-state index in [1.807, 2.05) is 24.4 Å². The minimum absolute atomic E-state index is 0.0429. The van der Waals surface area contributed by atoms with Crippen LogP contribution in [0.2, 0.25) is 0 Å². The Labute approximate surface area is 170 Å². The minimum Gasteiger partial charge on any atom is -0.446 e. The summed E-state index contributed by atoms with van der Waals surface area (Å²) >= 11 is 0. The van der Waals surface area contributed by atoms with Crippen molar-refractivity contribution in [1.29, 1.82) is 0 Å². The zero-order chi connectivity index (χ0) is 20.0. The molecule has 0 saturated carbocycles. The molecule has 0 spiro atoms. The molecule has 5 aromatic rings. The number of hydrogen-bond donors (Lipinski definition) is 0. The third-order valence-electron chi connectivity index (χ3n) is 5.40. The minimum atomic E-state index is 0.0429. The highest BCUT2D eigenvalue weighted by Gasteiger charge is 2.19. The van der Waals surface area contributed by atoms with Gasteiger partial charge in [-0.25, -0.2) is 4.98 Å². The number of benzene rings is 2. The van der Waals surface area contributed by atoms with Gasteiger partial charge in [-0.1, -0.05) is 45.0 Å². The molecule has 0 aliphatic carbocycles. The van der Waals surface area contributed by atoms with E-state index in [9.17, 15) is 0 Å². The maximum absolute atomic E-state index is 5.47. The average molecular weight is 378 g/mol. The standard InChI is InChI=1S/C26H22N2O/c1-26(2,3)23-15-19(14-17-6-4-5-7-21(17)23)24-16-18(8-11-27-24)20-9-12-28-25-22(20)10-13-29-25/h4-16H,1-3H3. The summed E-state index contributed by atoms with van der Waals surface area (Å²) < 4.78 is 5.47. The SMILES string of the molecule is CC(C)(C)c1cc(-c2cc(-c3ccnc4occc34)ccn2)cc2ccccc12. The van der Waals surface area contributed by atoms with Gasteiger partial charge >= 0.3 is 0 Å². The van der Waals surface area contributed by atoms with Gasteiger partial charge in [-0.2, -0.15) is 0 Å². The van der Waals surface area contributed by atoms with E-state index in [0.29, 0.717) is 5.71 Å². The average Bonchev–Trinajstić information content (AvgIpc) is 3.21. The molecule has 3 nitrogen and oxygen atoms in total. The molecule has 142 valence electrons. The van der Waals surface area contributed by atoms with Crippen LogP contribution in [0.3, 0.4) is 0 Å². The van der Waals surface area contributed by atoms with E-state index in [4.69, 9.17) is 9.40 Å². The van der Waals surface area contributed by atoms with E-state index in [1.54, 1.807) is 12.5 Å². The van der Waals surface area contributed by atoms with Crippen LogP contribution in [0.15, 0.2) is 83.7 Å². The zero-order valence-electron chi connectivity index (χ0n) is 16.8. The van der Waals surface area contributed by atoms with Crippen LogP contribution in [-0.2, 0) is 5.41 Å². The van der Waals surface area contributed by atoms with E-state index in [1.165, 1.54) is 16.3 Å². The summed E-state index contributed by atoms with van der Waals surface area (Å²) in [6, 6.07) is 21.3. The van der Waals surface area contributed by atoms with Crippen molar-refractivity contribution in [3.63, 3.8) is 0 Å². The summed E-state index contributed by atoms with van der Waals surface area (Å²) in [4.78, 5) is 8.99. The van der Waals surface area contributed by atoms with Gasteiger partial charge in [-0.15, -0.1) is 0 Å². The van der Waals surface area contributed by atoms with E-state index in [0.717, 1.165) is 27.8 Å². The molecule has 5 rings (SSSR count). The van der Waals surface area contributed by atoms with E-state index >= 15 is 0 Å². The van der Waals surface area contributed by atoms with Crippen LogP contribution in [0.5, 0.6) is 0 Å². The van der Waals surface area contributed by atoms with Gasteiger partial charge in [0, 0.05) is 23.3 Å². The van der Waals surface area contributed by atoms with Crippen molar-refractivity contribution in [3.05, 3.63) is 84.9 Å². The van der Waals surface area contributed by atoms with Gasteiger partial charge in [-0.3, -0.25) is 4.98 Å². The Hall–Kier alpha value is -3.46. The van der Waals surface area contributed by atoms with Crippen molar-refractivity contribution in [2.24, 2.45) is 0 Å². The highest BCUT2D eigenvalue weighted by Crippen LogP contribution is 2.36. The number of pyridine rings is 2. The number of furan rings is 1. The Kier molecular flexibility index (Phi) is 3.99. The van der Waals surface area contributed by atoms with Crippen molar-refractivity contribution in [3.8, 4) is 22.4 Å². The Morgan fingerprint density at radius 2 is 1.59 bits per heavy atom. The summed E-state index contributed by atoms with van der Waals surface area (Å²) in [5, 5.41) is 3.55. The Morgan fingerprint density at radius 1 is 0.759 bits per heavy atom. The lowest BCUT2D eigenvalue weighted by molar-refractivity contribution is 0.596. The second-order valence-electron chi connectivity index (χ2n) is 8.42. The quantitative estimate of drug-likeness (QED) is 0.332. The number of rotatable bonds is 2. The van der Waals surface area contributed by atoms with Gasteiger partial charge < -0.3 is 4.42 Å². The van der Waals surface area contributed by atoms with Crippen LogP contribution in [-0.4, -0.2) is 9.97 Å². The van der Waals surface area contributed by atoms with Crippen molar-refractivity contribution < 1.29 is 4.42 Å². The molecule has 0 amide bonds. The van der Waals surface area contributed by atoms with Crippen LogP contribution < -0.4 is 0 Å². The van der Waals surface area contributed by atoms with Crippen molar-refractivity contribution in [2.75, 3.05) is 0 Å². The highest BCUT2D eigenvalue weighted by atomic mass is 16.3. The first-order valence-electron chi connectivity index (χ1n) is 9.83. The fourth-order valence-corrected chi connectivity index (χ4v) is 3.96. The van der Waals surface area contributed by atoms with Gasteiger partial charge in [0.2, 0.25) is 5.71 Å². The van der Waals surface area contributed by atoms with Crippen LogP contribution in [0.25, 0.3) is 44.3 Å². The molecule has 0 radical (unpaired) electrons. The van der Waals surface area contributed by atoms with Gasteiger partial charge in [0.05, 0.1) is 12.0 Å². The second kappa shape index (κ2) is 6.56. The normalized spacial score (nSPS) is 12.0. The van der Waals surface area contributed by atoms with E-state index in [2.05, 4.69) is 68.2 Å². The fraction of sp³-hybridized carbons (Fsp3) is 0.154. The van der Waals surface area contributed by atoms with Crippen molar-refractivity contribution in [1.82, 2.24) is 9.97 Å². The largest absolute Gasteiger partial charge is 0.446 e. The number of nitrogens with zero attached hydrogens (tertiary/aromatic N) is 2. The topological polar surface area (TPSA) is 38.9 Å². The lowest BCUT2D eigenvalue weighted by Crippen LogP contribution is -2.12. The molecule has 3 heterocycles. The molecule has 0 N–H and O–H groups in total. The monoisotopic (exact) mass is 378 g/mol. The summed E-state index contributed by atoms with van der Waals surface area (Å²) in [6.45, 7) is 6.78. The van der Waals surface area contributed by atoms with E-state index < -0.39 is 0 Å². The Bertz CT molecular complexity index is 1340. The van der Waals surface area contributed by atoms with E-state index in [-0.39, 0.29) is 5.41 Å². The molecule has 3 aromatic heterocycles. The number of fused-ring (bicyclic) bond motifs is 2. The van der Waals surface area contributed by atoms with Gasteiger partial charge in [-0.05, 0) is 69.3 Å². The molecule has 0 aliphatic rings. The highest BCUT2D eigenvalue weighted by molar-refractivity contribution is 5.94. The molecule has 2 aromatic carbocycles. The Balaban J connectivity index is 1.70.